The summed E-state index contributed by atoms with van der Waals surface area (Å²) in [4.78, 5) is 20.5. The SMILES string of the molecule is Cc1nn(C)c(C)c1C(C)NC(=O)c1ccc(-c2cnc(N)nc2)cc1. The predicted octanol–water partition coefficient (Wildman–Crippen LogP) is 2.57. The summed E-state index contributed by atoms with van der Waals surface area (Å²) in [6.45, 7) is 5.92. The van der Waals surface area contributed by atoms with Gasteiger partial charge < -0.3 is 11.1 Å². The molecule has 0 bridgehead atoms. The third-order valence-corrected chi connectivity index (χ3v) is 4.50. The lowest BCUT2D eigenvalue weighted by Gasteiger charge is -2.15. The maximum atomic E-state index is 12.6. The number of amides is 1. The number of hydrogen-bond donors (Lipinski definition) is 2. The van der Waals surface area contributed by atoms with Crippen LogP contribution in [-0.4, -0.2) is 25.7 Å². The molecule has 1 amide bonds. The topological polar surface area (TPSA) is 98.7 Å². The number of aryl methyl sites for hydroxylation is 2. The number of nitrogens with one attached hydrogen (secondary N) is 1. The van der Waals surface area contributed by atoms with E-state index < -0.39 is 0 Å². The number of nitrogens with zero attached hydrogens (tertiary/aromatic N) is 4. The quantitative estimate of drug-likeness (QED) is 0.753. The molecule has 0 aliphatic carbocycles. The molecule has 0 radical (unpaired) electrons. The van der Waals surface area contributed by atoms with Gasteiger partial charge in [-0.05, 0) is 38.5 Å². The number of hydrogen-bond acceptors (Lipinski definition) is 5. The van der Waals surface area contributed by atoms with Crippen LogP contribution in [0.2, 0.25) is 0 Å². The Labute approximate surface area is 152 Å². The van der Waals surface area contributed by atoms with E-state index in [2.05, 4.69) is 20.4 Å². The summed E-state index contributed by atoms with van der Waals surface area (Å²) < 4.78 is 1.83. The van der Waals surface area contributed by atoms with Crippen molar-refractivity contribution >= 4 is 11.9 Å². The first-order valence-electron chi connectivity index (χ1n) is 8.35. The molecule has 1 unspecified atom stereocenters. The van der Waals surface area contributed by atoms with Crippen molar-refractivity contribution in [3.63, 3.8) is 0 Å². The van der Waals surface area contributed by atoms with E-state index in [0.29, 0.717) is 5.56 Å². The van der Waals surface area contributed by atoms with Crippen LogP contribution in [0, 0.1) is 13.8 Å². The van der Waals surface area contributed by atoms with Gasteiger partial charge in [0, 0.05) is 41.8 Å². The van der Waals surface area contributed by atoms with Crippen LogP contribution in [0.1, 0.15) is 40.3 Å². The molecule has 2 aromatic heterocycles. The van der Waals surface area contributed by atoms with Crippen LogP contribution >= 0.6 is 0 Å². The molecule has 1 aromatic carbocycles. The molecular weight excluding hydrogens is 328 g/mol. The van der Waals surface area contributed by atoms with E-state index in [9.17, 15) is 4.79 Å². The summed E-state index contributed by atoms with van der Waals surface area (Å²) in [5, 5.41) is 7.45. The number of rotatable bonds is 4. The second-order valence-electron chi connectivity index (χ2n) is 6.31. The van der Waals surface area contributed by atoms with Gasteiger partial charge in [-0.15, -0.1) is 0 Å². The zero-order valence-corrected chi connectivity index (χ0v) is 15.3. The zero-order valence-electron chi connectivity index (χ0n) is 15.3. The lowest BCUT2D eigenvalue weighted by atomic mass is 10.0. The molecule has 0 aliphatic rings. The van der Waals surface area contributed by atoms with Gasteiger partial charge in [-0.3, -0.25) is 9.48 Å². The molecule has 3 N–H and O–H groups in total. The molecule has 0 aliphatic heterocycles. The summed E-state index contributed by atoms with van der Waals surface area (Å²) in [6, 6.07) is 7.19. The number of benzene rings is 1. The predicted molar refractivity (Wildman–Crippen MR) is 100 cm³/mol. The highest BCUT2D eigenvalue weighted by Crippen LogP contribution is 2.22. The van der Waals surface area contributed by atoms with Crippen LogP contribution < -0.4 is 11.1 Å². The number of nitrogens with two attached hydrogens (primary N) is 1. The molecule has 7 nitrogen and oxygen atoms in total. The lowest BCUT2D eigenvalue weighted by molar-refractivity contribution is 0.0940. The van der Waals surface area contributed by atoms with Gasteiger partial charge in [-0.25, -0.2) is 9.97 Å². The molecule has 26 heavy (non-hydrogen) atoms. The highest BCUT2D eigenvalue weighted by atomic mass is 16.1. The monoisotopic (exact) mass is 350 g/mol. The Morgan fingerprint density at radius 2 is 1.73 bits per heavy atom. The van der Waals surface area contributed by atoms with Gasteiger partial charge in [0.05, 0.1) is 11.7 Å². The van der Waals surface area contributed by atoms with Crippen molar-refractivity contribution in [3.8, 4) is 11.1 Å². The molecule has 7 heteroatoms. The van der Waals surface area contributed by atoms with Gasteiger partial charge in [-0.2, -0.15) is 5.10 Å². The number of carbonyl (C=O) groups is 1. The Morgan fingerprint density at radius 1 is 1.12 bits per heavy atom. The number of nitrogen functional groups attached to an aromatic ring is 1. The number of anilines is 1. The smallest absolute Gasteiger partial charge is 0.251 e. The summed E-state index contributed by atoms with van der Waals surface area (Å²) >= 11 is 0. The Morgan fingerprint density at radius 3 is 2.27 bits per heavy atom. The minimum absolute atomic E-state index is 0.124. The van der Waals surface area contributed by atoms with Gasteiger partial charge in [0.15, 0.2) is 0 Å². The minimum atomic E-state index is -0.125. The van der Waals surface area contributed by atoms with Crippen molar-refractivity contribution in [1.29, 1.82) is 0 Å². The Bertz CT molecular complexity index is 928. The summed E-state index contributed by atoms with van der Waals surface area (Å²) in [6.07, 6.45) is 3.32. The lowest BCUT2D eigenvalue weighted by Crippen LogP contribution is -2.27. The van der Waals surface area contributed by atoms with Gasteiger partial charge in [-0.1, -0.05) is 12.1 Å². The molecule has 134 valence electrons. The van der Waals surface area contributed by atoms with E-state index in [-0.39, 0.29) is 17.9 Å². The third kappa shape index (κ3) is 3.42. The second kappa shape index (κ2) is 6.95. The average molecular weight is 350 g/mol. The summed E-state index contributed by atoms with van der Waals surface area (Å²) in [7, 11) is 1.90. The van der Waals surface area contributed by atoms with E-state index in [1.807, 2.05) is 44.6 Å². The van der Waals surface area contributed by atoms with Gasteiger partial charge in [0.1, 0.15) is 0 Å². The molecule has 2 heterocycles. The van der Waals surface area contributed by atoms with Crippen molar-refractivity contribution in [2.24, 2.45) is 7.05 Å². The fourth-order valence-electron chi connectivity index (χ4n) is 3.07. The molecule has 0 fully saturated rings. The van der Waals surface area contributed by atoms with E-state index in [1.165, 1.54) is 0 Å². The third-order valence-electron chi connectivity index (χ3n) is 4.50. The number of carbonyl (C=O) groups excluding carboxylic acids is 1. The van der Waals surface area contributed by atoms with Crippen LogP contribution in [-0.2, 0) is 7.05 Å². The van der Waals surface area contributed by atoms with Gasteiger partial charge in [0.2, 0.25) is 5.95 Å². The van der Waals surface area contributed by atoms with Crippen molar-refractivity contribution in [2.45, 2.75) is 26.8 Å². The Kier molecular flexibility index (Phi) is 4.71. The van der Waals surface area contributed by atoms with Crippen LogP contribution in [0.5, 0.6) is 0 Å². The first-order valence-corrected chi connectivity index (χ1v) is 8.35. The average Bonchev–Trinajstić information content (AvgIpc) is 2.88. The van der Waals surface area contributed by atoms with E-state index in [1.54, 1.807) is 24.5 Å². The highest BCUT2D eigenvalue weighted by molar-refractivity contribution is 5.95. The maximum absolute atomic E-state index is 12.6. The Hall–Kier alpha value is -3.22. The van der Waals surface area contributed by atoms with Crippen LogP contribution in [0.3, 0.4) is 0 Å². The molecule has 0 saturated carbocycles. The van der Waals surface area contributed by atoms with Gasteiger partial charge in [0.25, 0.3) is 5.91 Å². The largest absolute Gasteiger partial charge is 0.368 e. The first kappa shape index (κ1) is 17.6. The molecule has 0 spiro atoms. The van der Waals surface area contributed by atoms with Gasteiger partial charge >= 0.3 is 0 Å². The second-order valence-corrected chi connectivity index (χ2v) is 6.31. The van der Waals surface area contributed by atoms with Crippen LogP contribution in [0.4, 0.5) is 5.95 Å². The van der Waals surface area contributed by atoms with Crippen molar-refractivity contribution in [1.82, 2.24) is 25.1 Å². The first-order chi connectivity index (χ1) is 12.4. The normalized spacial score (nSPS) is 12.0. The standard InChI is InChI=1S/C19H22N6O/c1-11(17-12(2)24-25(4)13(17)3)23-18(26)15-7-5-14(6-8-15)16-9-21-19(20)22-10-16/h5-11H,1-4H3,(H,23,26)(H2,20,21,22). The molecule has 1 atom stereocenters. The zero-order chi connectivity index (χ0) is 18.8. The van der Waals surface area contributed by atoms with Crippen LogP contribution in [0.15, 0.2) is 36.7 Å². The minimum Gasteiger partial charge on any atom is -0.368 e. The van der Waals surface area contributed by atoms with E-state index in [0.717, 1.165) is 28.1 Å². The molecule has 3 rings (SSSR count). The Balaban J connectivity index is 1.75. The number of aromatic nitrogens is 4. The molecule has 3 aromatic rings. The highest BCUT2D eigenvalue weighted by Gasteiger charge is 2.18. The summed E-state index contributed by atoms with van der Waals surface area (Å²) in [5.41, 5.74) is 10.9. The fraction of sp³-hybridized carbons (Fsp3) is 0.263. The molecule has 0 saturated heterocycles. The van der Waals surface area contributed by atoms with Crippen molar-refractivity contribution in [3.05, 3.63) is 59.2 Å². The van der Waals surface area contributed by atoms with Crippen LogP contribution in [0.25, 0.3) is 11.1 Å². The van der Waals surface area contributed by atoms with Crippen molar-refractivity contribution < 1.29 is 4.79 Å². The van der Waals surface area contributed by atoms with E-state index >= 15 is 0 Å². The van der Waals surface area contributed by atoms with Crippen molar-refractivity contribution in [2.75, 3.05) is 5.73 Å². The molecular formula is C19H22N6O. The van der Waals surface area contributed by atoms with E-state index in [4.69, 9.17) is 5.73 Å². The summed E-state index contributed by atoms with van der Waals surface area (Å²) in [5.74, 6) is 0.111. The fourth-order valence-corrected chi connectivity index (χ4v) is 3.07. The maximum Gasteiger partial charge on any atom is 0.251 e.